The van der Waals surface area contributed by atoms with Crippen molar-refractivity contribution in [2.45, 2.75) is 34.6 Å². The number of phosphoric acid groups is 1. The van der Waals surface area contributed by atoms with Gasteiger partial charge >= 0.3 is 19.8 Å². The van der Waals surface area contributed by atoms with Crippen LogP contribution in [0.25, 0.3) is 0 Å². The highest BCUT2D eigenvalue weighted by molar-refractivity contribution is 7.45. The molecule has 28 heavy (non-hydrogen) atoms. The van der Waals surface area contributed by atoms with Gasteiger partial charge in [-0.1, -0.05) is 12.1 Å². The summed E-state index contributed by atoms with van der Waals surface area (Å²) in [5.74, 6) is -1.58. The van der Waals surface area contributed by atoms with Crippen molar-refractivity contribution in [3.63, 3.8) is 0 Å². The van der Waals surface area contributed by atoms with E-state index in [-0.39, 0.29) is 11.3 Å². The number of carboxylic acid groups (broad SMARTS) is 1. The van der Waals surface area contributed by atoms with Crippen molar-refractivity contribution in [2.75, 3.05) is 0 Å². The molecule has 0 aliphatic rings. The Morgan fingerprint density at radius 2 is 1.25 bits per heavy atom. The predicted octanol–water partition coefficient (Wildman–Crippen LogP) is 2.09. The van der Waals surface area contributed by atoms with Crippen LogP contribution >= 0.6 is 7.82 Å². The summed E-state index contributed by atoms with van der Waals surface area (Å²) >= 11 is 0. The third kappa shape index (κ3) is 11.1. The lowest BCUT2D eigenvalue weighted by molar-refractivity contribution is -0.131. The molecule has 2 rings (SSSR count). The fourth-order valence-electron chi connectivity index (χ4n) is 1.71. The highest BCUT2D eigenvalue weighted by Crippen LogP contribution is 2.25. The highest BCUT2D eigenvalue weighted by atomic mass is 31.2. The monoisotopic (exact) mass is 414 g/mol. The van der Waals surface area contributed by atoms with Gasteiger partial charge in [-0.05, 0) is 39.8 Å². The summed E-state index contributed by atoms with van der Waals surface area (Å²) in [4.78, 5) is 51.4. The largest absolute Gasteiger partial charge is 0.478 e. The summed E-state index contributed by atoms with van der Waals surface area (Å²) in [6.45, 7) is 9.14. The smallest absolute Gasteiger partial charge is 0.466 e. The molecular weight excluding hydrogens is 391 g/mol. The molecule has 0 saturated heterocycles. The van der Waals surface area contributed by atoms with E-state index in [0.29, 0.717) is 0 Å². The number of hydrogen-bond donors (Lipinski definition) is 4. The molecule has 10 nitrogen and oxygen atoms in total. The van der Waals surface area contributed by atoms with Crippen LogP contribution in [0.3, 0.4) is 0 Å². The van der Waals surface area contributed by atoms with E-state index in [0.717, 1.165) is 22.8 Å². The van der Waals surface area contributed by atoms with E-state index >= 15 is 0 Å². The van der Waals surface area contributed by atoms with Crippen LogP contribution in [0.15, 0.2) is 24.3 Å². The number of hydrogen-bond acceptors (Lipinski definition) is 6. The minimum atomic E-state index is -4.64. The summed E-state index contributed by atoms with van der Waals surface area (Å²) in [6, 6.07) is 5.98. The summed E-state index contributed by atoms with van der Waals surface area (Å²) in [5.41, 5.74) is 4.11. The van der Waals surface area contributed by atoms with Crippen molar-refractivity contribution in [1.29, 1.82) is 0 Å². The van der Waals surface area contributed by atoms with E-state index in [9.17, 15) is 9.59 Å². The number of rotatable bonds is 2. The third-order valence-electron chi connectivity index (χ3n) is 3.09. The van der Waals surface area contributed by atoms with Gasteiger partial charge < -0.3 is 24.5 Å². The number of aromatic nitrogens is 2. The van der Waals surface area contributed by atoms with Crippen molar-refractivity contribution < 1.29 is 38.7 Å². The van der Waals surface area contributed by atoms with Crippen LogP contribution < -0.4 is 4.74 Å². The lowest BCUT2D eigenvalue weighted by atomic mass is 10.2. The highest BCUT2D eigenvalue weighted by Gasteiger charge is 2.11. The molecular formula is C17H23N2O8P. The van der Waals surface area contributed by atoms with E-state index in [1.165, 1.54) is 19.1 Å². The SMILES string of the molecule is CC(=O)Oc1ccccc1C(=O)O.Cc1nc(C)c(C)nc1C.O=P(O)(O)O. The summed E-state index contributed by atoms with van der Waals surface area (Å²) in [5, 5.41) is 8.69. The molecule has 4 N–H and O–H groups in total. The van der Waals surface area contributed by atoms with Gasteiger partial charge in [0.1, 0.15) is 11.3 Å². The first-order valence-electron chi connectivity index (χ1n) is 7.79. The second-order valence-electron chi connectivity index (χ2n) is 5.47. The summed E-state index contributed by atoms with van der Waals surface area (Å²) < 4.78 is 13.6. The van der Waals surface area contributed by atoms with Crippen molar-refractivity contribution in [3.8, 4) is 5.75 Å². The van der Waals surface area contributed by atoms with E-state index in [1.54, 1.807) is 12.1 Å². The average Bonchev–Trinajstić information content (AvgIpc) is 2.52. The second-order valence-corrected chi connectivity index (χ2v) is 6.50. The number of aryl methyl sites for hydroxylation is 4. The third-order valence-corrected chi connectivity index (χ3v) is 3.09. The molecule has 2 aromatic rings. The molecule has 1 heterocycles. The maximum absolute atomic E-state index is 10.6. The lowest BCUT2D eigenvalue weighted by Crippen LogP contribution is -2.06. The van der Waals surface area contributed by atoms with Crippen molar-refractivity contribution >= 4 is 19.8 Å². The number of nitrogens with zero attached hydrogens (tertiary/aromatic N) is 2. The molecule has 0 atom stereocenters. The maximum atomic E-state index is 10.6. The first-order valence-corrected chi connectivity index (χ1v) is 9.36. The first-order chi connectivity index (χ1) is 12.7. The Labute approximate surface area is 162 Å². The molecule has 0 spiro atoms. The van der Waals surface area contributed by atoms with Gasteiger partial charge in [0, 0.05) is 6.92 Å². The van der Waals surface area contributed by atoms with Gasteiger partial charge in [-0.3, -0.25) is 14.8 Å². The molecule has 0 saturated carbocycles. The second kappa shape index (κ2) is 11.3. The number of aromatic carboxylic acids is 1. The predicted molar refractivity (Wildman–Crippen MR) is 100.0 cm³/mol. The Balaban J connectivity index is 0.000000431. The number of carboxylic acids is 1. The number of ether oxygens (including phenoxy) is 1. The van der Waals surface area contributed by atoms with E-state index in [2.05, 4.69) is 14.7 Å². The number of benzene rings is 1. The molecule has 0 fully saturated rings. The number of esters is 1. The number of para-hydroxylation sites is 1. The lowest BCUT2D eigenvalue weighted by Gasteiger charge is -2.03. The Bertz CT molecular complexity index is 821. The van der Waals surface area contributed by atoms with Gasteiger partial charge in [0.2, 0.25) is 0 Å². The fourth-order valence-corrected chi connectivity index (χ4v) is 1.71. The summed E-state index contributed by atoms with van der Waals surface area (Å²) in [7, 11) is -4.64. The zero-order chi connectivity index (χ0) is 22.1. The zero-order valence-electron chi connectivity index (χ0n) is 16.1. The van der Waals surface area contributed by atoms with Crippen LogP contribution in [0.2, 0.25) is 0 Å². The average molecular weight is 414 g/mol. The normalized spacial score (nSPS) is 10.0. The van der Waals surface area contributed by atoms with Crippen LogP contribution in [0, 0.1) is 27.7 Å². The Hall–Kier alpha value is -2.65. The molecule has 1 aromatic carbocycles. The van der Waals surface area contributed by atoms with Crippen LogP contribution in [-0.4, -0.2) is 41.7 Å². The van der Waals surface area contributed by atoms with Gasteiger partial charge in [0.15, 0.2) is 0 Å². The fraction of sp³-hybridized carbons (Fsp3) is 0.294. The minimum Gasteiger partial charge on any atom is -0.478 e. The topological polar surface area (TPSA) is 167 Å². The van der Waals surface area contributed by atoms with Crippen LogP contribution in [0.5, 0.6) is 5.75 Å². The van der Waals surface area contributed by atoms with Crippen molar-refractivity contribution in [3.05, 3.63) is 52.6 Å². The van der Waals surface area contributed by atoms with Gasteiger partial charge in [0.05, 0.1) is 22.8 Å². The molecule has 1 aromatic heterocycles. The van der Waals surface area contributed by atoms with Gasteiger partial charge in [0.25, 0.3) is 0 Å². The molecule has 0 aliphatic carbocycles. The van der Waals surface area contributed by atoms with E-state index in [4.69, 9.17) is 24.4 Å². The van der Waals surface area contributed by atoms with Crippen LogP contribution in [-0.2, 0) is 9.36 Å². The molecule has 0 radical (unpaired) electrons. The summed E-state index contributed by atoms with van der Waals surface area (Å²) in [6.07, 6.45) is 0. The first kappa shape index (κ1) is 25.4. The molecule has 0 amide bonds. The zero-order valence-corrected chi connectivity index (χ0v) is 17.0. The Kier molecular flexibility index (Phi) is 10.2. The minimum absolute atomic E-state index is 0.0160. The number of carbonyl (C=O) groups is 2. The van der Waals surface area contributed by atoms with Gasteiger partial charge in [-0.2, -0.15) is 0 Å². The molecule has 0 aliphatic heterocycles. The quantitative estimate of drug-likeness (QED) is 0.324. The Morgan fingerprint density at radius 3 is 1.57 bits per heavy atom. The Morgan fingerprint density at radius 1 is 0.893 bits per heavy atom. The number of carbonyl (C=O) groups excluding carboxylic acids is 1. The van der Waals surface area contributed by atoms with Crippen molar-refractivity contribution in [1.82, 2.24) is 9.97 Å². The molecule has 0 unspecified atom stereocenters. The van der Waals surface area contributed by atoms with E-state index in [1.807, 2.05) is 27.7 Å². The van der Waals surface area contributed by atoms with Crippen LogP contribution in [0.4, 0.5) is 0 Å². The van der Waals surface area contributed by atoms with Gasteiger partial charge in [-0.25, -0.2) is 9.36 Å². The molecule has 154 valence electrons. The van der Waals surface area contributed by atoms with E-state index < -0.39 is 19.8 Å². The molecule has 11 heteroatoms. The van der Waals surface area contributed by atoms with Gasteiger partial charge in [-0.15, -0.1) is 0 Å². The molecule has 0 bridgehead atoms. The van der Waals surface area contributed by atoms with Crippen molar-refractivity contribution in [2.24, 2.45) is 0 Å². The van der Waals surface area contributed by atoms with Crippen LogP contribution in [0.1, 0.15) is 40.1 Å². The maximum Gasteiger partial charge on any atom is 0.466 e. The standard InChI is InChI=1S/C9H8O4.C8H12N2.H3O4P/c1-6(10)13-8-5-3-2-4-7(8)9(11)12;1-5-6(2)10-8(4)7(3)9-5;1-5(2,3)4/h2-5H,1H3,(H,11,12);1-4H3;(H3,1,2,3,4).